The number of nitrogens with zero attached hydrogens (tertiary/aromatic N) is 2. The minimum atomic E-state index is -0.0810. The lowest BCUT2D eigenvalue weighted by Gasteiger charge is -2.43. The Balaban J connectivity index is 1.27. The molecule has 27 heavy (non-hydrogen) atoms. The van der Waals surface area contributed by atoms with Gasteiger partial charge in [-0.05, 0) is 44.1 Å². The van der Waals surface area contributed by atoms with Crippen molar-refractivity contribution < 1.29 is 14.3 Å². The molecule has 6 heteroatoms. The van der Waals surface area contributed by atoms with Crippen LogP contribution < -0.4 is 5.32 Å². The van der Waals surface area contributed by atoms with Crippen LogP contribution in [0.15, 0.2) is 24.3 Å². The monoisotopic (exact) mass is 371 g/mol. The Hall–Kier alpha value is -2.08. The highest BCUT2D eigenvalue weighted by Gasteiger charge is 2.37. The lowest BCUT2D eigenvalue weighted by Crippen LogP contribution is -2.62. The summed E-state index contributed by atoms with van der Waals surface area (Å²) < 4.78 is 5.58. The number of piperidine rings is 2. The van der Waals surface area contributed by atoms with Crippen LogP contribution in [-0.2, 0) is 16.0 Å². The summed E-state index contributed by atoms with van der Waals surface area (Å²) in [6.07, 6.45) is 4.05. The molecule has 0 spiro atoms. The van der Waals surface area contributed by atoms with E-state index in [-0.39, 0.29) is 30.7 Å². The zero-order valence-electron chi connectivity index (χ0n) is 16.0. The number of carbonyl (C=O) groups is 2. The van der Waals surface area contributed by atoms with E-state index in [1.165, 1.54) is 11.1 Å². The van der Waals surface area contributed by atoms with Gasteiger partial charge in [-0.15, -0.1) is 0 Å². The normalized spacial score (nSPS) is 26.5. The Morgan fingerprint density at radius 2 is 1.81 bits per heavy atom. The molecular formula is C21H29N3O3. The quantitative estimate of drug-likeness (QED) is 0.864. The van der Waals surface area contributed by atoms with E-state index in [1.807, 2.05) is 9.80 Å². The van der Waals surface area contributed by atoms with Crippen LogP contribution >= 0.6 is 0 Å². The molecule has 6 nitrogen and oxygen atoms in total. The molecule has 1 N–H and O–H groups in total. The maximum Gasteiger partial charge on any atom is 0.320 e. The number of rotatable bonds is 2. The molecule has 2 unspecified atom stereocenters. The summed E-state index contributed by atoms with van der Waals surface area (Å²) in [6, 6.07) is 8.83. The van der Waals surface area contributed by atoms with Crippen molar-refractivity contribution in [3.05, 3.63) is 35.4 Å². The van der Waals surface area contributed by atoms with E-state index in [2.05, 4.69) is 36.5 Å². The molecule has 3 saturated heterocycles. The molecule has 3 amide bonds. The highest BCUT2D eigenvalue weighted by Crippen LogP contribution is 2.24. The van der Waals surface area contributed by atoms with Crippen molar-refractivity contribution >= 4 is 11.9 Å². The van der Waals surface area contributed by atoms with E-state index >= 15 is 0 Å². The molecule has 4 rings (SSSR count). The van der Waals surface area contributed by atoms with Gasteiger partial charge in [0.1, 0.15) is 6.61 Å². The summed E-state index contributed by atoms with van der Waals surface area (Å²) in [6.45, 7) is 5.16. The molecule has 1 aromatic rings. The molecule has 3 fully saturated rings. The molecule has 3 aliphatic rings. The van der Waals surface area contributed by atoms with Gasteiger partial charge in [-0.25, -0.2) is 4.79 Å². The Labute approximate surface area is 160 Å². The largest absolute Gasteiger partial charge is 0.366 e. The number of amides is 3. The molecule has 0 radical (unpaired) electrons. The van der Waals surface area contributed by atoms with Gasteiger partial charge in [0, 0.05) is 26.2 Å². The van der Waals surface area contributed by atoms with E-state index in [0.29, 0.717) is 19.0 Å². The van der Waals surface area contributed by atoms with Gasteiger partial charge in [-0.3, -0.25) is 4.79 Å². The summed E-state index contributed by atoms with van der Waals surface area (Å²) in [5.74, 6) is 0.566. The van der Waals surface area contributed by atoms with Crippen LogP contribution in [0.25, 0.3) is 0 Å². The van der Waals surface area contributed by atoms with Crippen LogP contribution in [0.3, 0.4) is 0 Å². The number of urea groups is 1. The zero-order valence-corrected chi connectivity index (χ0v) is 16.0. The van der Waals surface area contributed by atoms with Crippen LogP contribution in [0.2, 0.25) is 0 Å². The Bertz CT molecular complexity index is 682. The number of nitrogens with one attached hydrogen (secondary N) is 1. The smallest absolute Gasteiger partial charge is 0.320 e. The van der Waals surface area contributed by atoms with Crippen molar-refractivity contribution in [2.45, 2.75) is 44.8 Å². The first-order chi connectivity index (χ1) is 13.1. The molecule has 0 aliphatic carbocycles. The SMILES string of the molecule is Cc1ccc(CC2CCN(C(=O)N3CCC4OCC(=O)NC4C3)CC2)cc1. The number of likely N-dealkylation sites (tertiary alicyclic amines) is 2. The van der Waals surface area contributed by atoms with E-state index in [4.69, 9.17) is 4.74 Å². The average molecular weight is 371 g/mol. The van der Waals surface area contributed by atoms with Crippen LogP contribution in [0, 0.1) is 12.8 Å². The second-order valence-electron chi connectivity index (χ2n) is 8.16. The average Bonchev–Trinajstić information content (AvgIpc) is 2.69. The third kappa shape index (κ3) is 4.26. The van der Waals surface area contributed by atoms with Crippen molar-refractivity contribution in [3.8, 4) is 0 Å². The molecular weight excluding hydrogens is 342 g/mol. The third-order valence-electron chi connectivity index (χ3n) is 6.12. The minimum absolute atomic E-state index is 0.0481. The van der Waals surface area contributed by atoms with Crippen molar-refractivity contribution in [1.29, 1.82) is 0 Å². The summed E-state index contributed by atoms with van der Waals surface area (Å²) >= 11 is 0. The number of aryl methyl sites for hydroxylation is 1. The first-order valence-electron chi connectivity index (χ1n) is 10.1. The van der Waals surface area contributed by atoms with Gasteiger partial charge in [0.2, 0.25) is 5.91 Å². The molecule has 0 saturated carbocycles. The van der Waals surface area contributed by atoms with E-state index in [9.17, 15) is 9.59 Å². The van der Waals surface area contributed by atoms with Crippen molar-refractivity contribution in [2.24, 2.45) is 5.92 Å². The van der Waals surface area contributed by atoms with Gasteiger partial charge >= 0.3 is 6.03 Å². The number of hydrogen-bond donors (Lipinski definition) is 1. The highest BCUT2D eigenvalue weighted by molar-refractivity contribution is 5.79. The number of benzene rings is 1. The van der Waals surface area contributed by atoms with Gasteiger partial charge in [0.15, 0.2) is 0 Å². The summed E-state index contributed by atoms with van der Waals surface area (Å²) in [5.41, 5.74) is 2.68. The lowest BCUT2D eigenvalue weighted by atomic mass is 9.90. The maximum atomic E-state index is 12.9. The van der Waals surface area contributed by atoms with Crippen molar-refractivity contribution in [1.82, 2.24) is 15.1 Å². The second kappa shape index (κ2) is 7.89. The highest BCUT2D eigenvalue weighted by atomic mass is 16.5. The molecule has 0 aromatic heterocycles. The number of carbonyl (C=O) groups excluding carboxylic acids is 2. The maximum absolute atomic E-state index is 12.9. The third-order valence-corrected chi connectivity index (χ3v) is 6.12. The number of ether oxygens (including phenoxy) is 1. The van der Waals surface area contributed by atoms with E-state index in [1.54, 1.807) is 0 Å². The van der Waals surface area contributed by atoms with Gasteiger partial charge in [0.25, 0.3) is 0 Å². The van der Waals surface area contributed by atoms with Crippen LogP contribution in [0.1, 0.15) is 30.4 Å². The lowest BCUT2D eigenvalue weighted by molar-refractivity contribution is -0.139. The molecule has 3 heterocycles. The van der Waals surface area contributed by atoms with E-state index < -0.39 is 0 Å². The molecule has 1 aromatic carbocycles. The molecule has 3 aliphatic heterocycles. The summed E-state index contributed by atoms with van der Waals surface area (Å²) in [4.78, 5) is 28.3. The topological polar surface area (TPSA) is 61.9 Å². The fourth-order valence-corrected chi connectivity index (χ4v) is 4.46. The minimum Gasteiger partial charge on any atom is -0.366 e. The van der Waals surface area contributed by atoms with Gasteiger partial charge in [-0.1, -0.05) is 29.8 Å². The molecule has 0 bridgehead atoms. The van der Waals surface area contributed by atoms with Gasteiger partial charge in [-0.2, -0.15) is 0 Å². The predicted molar refractivity (Wildman–Crippen MR) is 102 cm³/mol. The number of hydrogen-bond acceptors (Lipinski definition) is 3. The second-order valence-corrected chi connectivity index (χ2v) is 8.16. The fraction of sp³-hybridized carbons (Fsp3) is 0.619. The predicted octanol–water partition coefficient (Wildman–Crippen LogP) is 1.96. The first kappa shape index (κ1) is 18.3. The van der Waals surface area contributed by atoms with Crippen molar-refractivity contribution in [2.75, 3.05) is 32.8 Å². The molecule has 2 atom stereocenters. The van der Waals surface area contributed by atoms with E-state index in [0.717, 1.165) is 38.8 Å². The van der Waals surface area contributed by atoms with Gasteiger partial charge in [0.05, 0.1) is 12.1 Å². The van der Waals surface area contributed by atoms with Crippen LogP contribution in [0.5, 0.6) is 0 Å². The summed E-state index contributed by atoms with van der Waals surface area (Å²) in [7, 11) is 0. The van der Waals surface area contributed by atoms with Crippen LogP contribution in [0.4, 0.5) is 4.79 Å². The molecule has 146 valence electrons. The standard InChI is InChI=1S/C21H29N3O3/c1-15-2-4-16(5-3-15)12-17-6-9-23(10-7-17)21(26)24-11-8-19-18(13-24)22-20(25)14-27-19/h2-5,17-19H,6-14H2,1H3,(H,22,25). The number of fused-ring (bicyclic) bond motifs is 1. The van der Waals surface area contributed by atoms with Crippen LogP contribution in [-0.4, -0.2) is 66.7 Å². The van der Waals surface area contributed by atoms with Crippen molar-refractivity contribution in [3.63, 3.8) is 0 Å². The summed E-state index contributed by atoms with van der Waals surface area (Å²) in [5, 5.41) is 2.97. The first-order valence-corrected chi connectivity index (χ1v) is 10.1. The Morgan fingerprint density at radius 1 is 1.11 bits per heavy atom. The Morgan fingerprint density at radius 3 is 2.56 bits per heavy atom. The number of morpholine rings is 1. The van der Waals surface area contributed by atoms with Gasteiger partial charge < -0.3 is 19.9 Å². The fourth-order valence-electron chi connectivity index (χ4n) is 4.46. The Kier molecular flexibility index (Phi) is 5.34. The zero-order chi connectivity index (χ0) is 18.8.